The van der Waals surface area contributed by atoms with Crippen LogP contribution in [0.1, 0.15) is 12.5 Å². The number of carboxylic acid groups (broad SMARTS) is 1. The van der Waals surface area contributed by atoms with Gasteiger partial charge in [-0.3, -0.25) is 4.79 Å². The molecule has 1 aromatic heterocycles. The Morgan fingerprint density at radius 2 is 2.31 bits per heavy atom. The Kier molecular flexibility index (Phi) is 3.30. The van der Waals surface area contributed by atoms with Crippen LogP contribution in [0.3, 0.4) is 0 Å². The molecule has 0 saturated heterocycles. The smallest absolute Gasteiger partial charge is 0.306 e. The van der Waals surface area contributed by atoms with Gasteiger partial charge in [0.2, 0.25) is 0 Å². The maximum absolute atomic E-state index is 10.8. The third-order valence-corrected chi connectivity index (χ3v) is 4.58. The summed E-state index contributed by atoms with van der Waals surface area (Å²) in [5.74, 6) is -1.08. The normalized spacial score (nSPS) is 12.9. The molecule has 1 N–H and O–H groups in total. The summed E-state index contributed by atoms with van der Waals surface area (Å²) in [6.07, 6.45) is 0.589. The predicted molar refractivity (Wildman–Crippen MR) is 70.0 cm³/mol. The topological polar surface area (TPSA) is 37.3 Å². The summed E-state index contributed by atoms with van der Waals surface area (Å²) in [5, 5.41) is 12.1. The van der Waals surface area contributed by atoms with Crippen LogP contribution in [0, 0.1) is 5.92 Å². The van der Waals surface area contributed by atoms with E-state index in [9.17, 15) is 4.79 Å². The van der Waals surface area contributed by atoms with Crippen molar-refractivity contribution in [1.82, 2.24) is 0 Å². The second-order valence-electron chi connectivity index (χ2n) is 3.82. The van der Waals surface area contributed by atoms with Crippen molar-refractivity contribution >= 4 is 43.3 Å². The molecule has 0 fully saturated rings. The highest BCUT2D eigenvalue weighted by Crippen LogP contribution is 2.33. The van der Waals surface area contributed by atoms with Gasteiger partial charge in [0.1, 0.15) is 0 Å². The first-order valence-electron chi connectivity index (χ1n) is 4.97. The number of carbonyl (C=O) groups is 1. The third kappa shape index (κ3) is 2.13. The molecule has 1 atom stereocenters. The first-order valence-corrected chi connectivity index (χ1v) is 6.64. The van der Waals surface area contributed by atoms with Gasteiger partial charge in [-0.2, -0.15) is 0 Å². The summed E-state index contributed by atoms with van der Waals surface area (Å²) in [6.45, 7) is 1.74. The molecule has 0 aliphatic carbocycles. The van der Waals surface area contributed by atoms with E-state index in [1.807, 2.05) is 18.2 Å². The lowest BCUT2D eigenvalue weighted by Gasteiger charge is -2.04. The highest BCUT2D eigenvalue weighted by atomic mass is 79.9. The number of fused-ring (bicyclic) bond motifs is 1. The van der Waals surface area contributed by atoms with Gasteiger partial charge in [-0.05, 0) is 44.7 Å². The van der Waals surface area contributed by atoms with Gasteiger partial charge in [0.05, 0.1) is 5.92 Å². The minimum Gasteiger partial charge on any atom is -0.481 e. The van der Waals surface area contributed by atoms with E-state index in [2.05, 4.69) is 21.3 Å². The number of rotatable bonds is 3. The van der Waals surface area contributed by atoms with E-state index in [1.165, 1.54) is 4.70 Å². The van der Waals surface area contributed by atoms with Gasteiger partial charge in [-0.15, -0.1) is 11.3 Å². The van der Waals surface area contributed by atoms with Crippen LogP contribution in [0.5, 0.6) is 0 Å². The quantitative estimate of drug-likeness (QED) is 0.932. The molecule has 16 heavy (non-hydrogen) atoms. The molecular weight excluding hydrogens is 288 g/mol. The standard InChI is InChI=1S/C12H11BrO2S/c1-7(12(14)15)5-8-6-16-11-9(8)3-2-4-10(11)13/h2-4,6-7H,5H2,1H3,(H,14,15). The second kappa shape index (κ2) is 4.55. The van der Waals surface area contributed by atoms with Gasteiger partial charge in [-0.25, -0.2) is 0 Å². The number of thiophene rings is 1. The zero-order valence-corrected chi connectivity index (χ0v) is 11.1. The molecule has 84 valence electrons. The zero-order chi connectivity index (χ0) is 11.7. The SMILES string of the molecule is CC(Cc1csc2c(Br)cccc12)C(=O)O. The van der Waals surface area contributed by atoms with Gasteiger partial charge >= 0.3 is 5.97 Å². The first kappa shape index (κ1) is 11.6. The third-order valence-electron chi connectivity index (χ3n) is 2.58. The minimum atomic E-state index is -0.741. The fraction of sp³-hybridized carbons (Fsp3) is 0.250. The number of halogens is 1. The van der Waals surface area contributed by atoms with Gasteiger partial charge < -0.3 is 5.11 Å². The van der Waals surface area contributed by atoms with Crippen molar-refractivity contribution in [2.75, 3.05) is 0 Å². The van der Waals surface area contributed by atoms with E-state index in [0.29, 0.717) is 6.42 Å². The molecule has 1 heterocycles. The summed E-state index contributed by atoms with van der Waals surface area (Å²) in [4.78, 5) is 10.8. The van der Waals surface area contributed by atoms with Crippen molar-refractivity contribution in [3.8, 4) is 0 Å². The minimum absolute atomic E-state index is 0.336. The van der Waals surface area contributed by atoms with Gasteiger partial charge in [0.25, 0.3) is 0 Å². The Hall–Kier alpha value is -0.870. The van der Waals surface area contributed by atoms with Crippen molar-refractivity contribution < 1.29 is 9.90 Å². The Balaban J connectivity index is 2.39. The maximum atomic E-state index is 10.8. The Morgan fingerprint density at radius 3 is 3.00 bits per heavy atom. The number of hydrogen-bond donors (Lipinski definition) is 1. The number of aliphatic carboxylic acids is 1. The summed E-state index contributed by atoms with van der Waals surface area (Å²) in [5.41, 5.74) is 1.12. The zero-order valence-electron chi connectivity index (χ0n) is 8.74. The molecule has 4 heteroatoms. The average Bonchev–Trinajstić information content (AvgIpc) is 2.63. The van der Waals surface area contributed by atoms with Crippen molar-refractivity contribution in [2.24, 2.45) is 5.92 Å². The summed E-state index contributed by atoms with van der Waals surface area (Å²) in [6, 6.07) is 6.03. The molecule has 2 nitrogen and oxygen atoms in total. The summed E-state index contributed by atoms with van der Waals surface area (Å²) in [7, 11) is 0. The summed E-state index contributed by atoms with van der Waals surface area (Å²) < 4.78 is 2.26. The molecule has 1 aromatic carbocycles. The molecule has 0 amide bonds. The highest BCUT2D eigenvalue weighted by Gasteiger charge is 2.14. The number of benzene rings is 1. The van der Waals surface area contributed by atoms with Crippen molar-refractivity contribution in [3.63, 3.8) is 0 Å². The average molecular weight is 299 g/mol. The predicted octanol–water partition coefficient (Wildman–Crippen LogP) is 3.93. The van der Waals surface area contributed by atoms with Crippen molar-refractivity contribution in [3.05, 3.63) is 33.6 Å². The largest absolute Gasteiger partial charge is 0.481 e. The number of hydrogen-bond acceptors (Lipinski definition) is 2. The highest BCUT2D eigenvalue weighted by molar-refractivity contribution is 9.10. The molecule has 0 saturated carbocycles. The van der Waals surface area contributed by atoms with Gasteiger partial charge in [-0.1, -0.05) is 19.1 Å². The van der Waals surface area contributed by atoms with Crippen LogP contribution in [0.4, 0.5) is 0 Å². The lowest BCUT2D eigenvalue weighted by atomic mass is 10.0. The van der Waals surface area contributed by atoms with E-state index in [-0.39, 0.29) is 5.92 Å². The van der Waals surface area contributed by atoms with E-state index in [4.69, 9.17) is 5.11 Å². The molecule has 0 bridgehead atoms. The van der Waals surface area contributed by atoms with Crippen LogP contribution in [-0.2, 0) is 11.2 Å². The van der Waals surface area contributed by atoms with Crippen LogP contribution >= 0.6 is 27.3 Å². The van der Waals surface area contributed by atoms with Crippen LogP contribution in [0.25, 0.3) is 10.1 Å². The van der Waals surface area contributed by atoms with Crippen LogP contribution < -0.4 is 0 Å². The van der Waals surface area contributed by atoms with E-state index >= 15 is 0 Å². The van der Waals surface area contributed by atoms with Crippen LogP contribution in [-0.4, -0.2) is 11.1 Å². The lowest BCUT2D eigenvalue weighted by molar-refractivity contribution is -0.141. The van der Waals surface area contributed by atoms with Crippen LogP contribution in [0.15, 0.2) is 28.1 Å². The maximum Gasteiger partial charge on any atom is 0.306 e. The van der Waals surface area contributed by atoms with Crippen molar-refractivity contribution in [2.45, 2.75) is 13.3 Å². The fourth-order valence-corrected chi connectivity index (χ4v) is 3.29. The fourth-order valence-electron chi connectivity index (χ4n) is 1.65. The molecule has 2 aromatic rings. The molecule has 2 rings (SSSR count). The van der Waals surface area contributed by atoms with Gasteiger partial charge in [0.15, 0.2) is 0 Å². The lowest BCUT2D eigenvalue weighted by Crippen LogP contribution is -2.11. The monoisotopic (exact) mass is 298 g/mol. The van der Waals surface area contributed by atoms with Gasteiger partial charge in [0, 0.05) is 9.17 Å². The molecule has 0 aliphatic rings. The molecule has 1 unspecified atom stereocenters. The number of carboxylic acids is 1. The van der Waals surface area contributed by atoms with E-state index in [1.54, 1.807) is 18.3 Å². The Labute approximate surface area is 106 Å². The first-order chi connectivity index (χ1) is 7.59. The molecule has 0 aliphatic heterocycles. The Bertz CT molecular complexity index is 533. The van der Waals surface area contributed by atoms with E-state index < -0.39 is 5.97 Å². The van der Waals surface area contributed by atoms with E-state index in [0.717, 1.165) is 15.4 Å². The summed E-state index contributed by atoms with van der Waals surface area (Å²) >= 11 is 5.15. The van der Waals surface area contributed by atoms with Crippen LogP contribution in [0.2, 0.25) is 0 Å². The second-order valence-corrected chi connectivity index (χ2v) is 5.55. The molecule has 0 radical (unpaired) electrons. The Morgan fingerprint density at radius 1 is 1.56 bits per heavy atom. The van der Waals surface area contributed by atoms with Crippen molar-refractivity contribution in [1.29, 1.82) is 0 Å². The molecule has 0 spiro atoms. The molecular formula is C12H11BrO2S.